The molecule has 0 aromatic carbocycles. The minimum Gasteiger partial charge on any atom is -0.356 e. The van der Waals surface area contributed by atoms with Gasteiger partial charge in [-0.05, 0) is 25.2 Å². The molecule has 3 rings (SSSR count). The topological polar surface area (TPSA) is 89.2 Å². The highest BCUT2D eigenvalue weighted by molar-refractivity contribution is 8.15. The first-order valence-electron chi connectivity index (χ1n) is 9.48. The molecule has 0 fully saturated rings. The minimum absolute atomic E-state index is 0.0794. The molecule has 142 valence electrons. The summed E-state index contributed by atoms with van der Waals surface area (Å²) in [4.78, 5) is 28.3. The van der Waals surface area contributed by atoms with E-state index in [9.17, 15) is 9.59 Å². The summed E-state index contributed by atoms with van der Waals surface area (Å²) >= 11 is 1.40. The molecule has 0 radical (unpaired) electrons. The third-order valence-corrected chi connectivity index (χ3v) is 5.86. The Morgan fingerprint density at radius 2 is 2.15 bits per heavy atom. The molecule has 0 aliphatic carbocycles. The van der Waals surface area contributed by atoms with Gasteiger partial charge in [0.05, 0.1) is 11.5 Å². The Balaban J connectivity index is 1.52. The van der Waals surface area contributed by atoms with Crippen LogP contribution in [0.15, 0.2) is 4.99 Å². The lowest BCUT2D eigenvalue weighted by Gasteiger charge is -2.10. The molecule has 2 aliphatic rings. The first-order chi connectivity index (χ1) is 12.5. The zero-order valence-electron chi connectivity index (χ0n) is 15.5. The number of hydrogen-bond acceptors (Lipinski definition) is 5. The van der Waals surface area contributed by atoms with Crippen molar-refractivity contribution in [2.45, 2.75) is 70.6 Å². The summed E-state index contributed by atoms with van der Waals surface area (Å²) in [5.41, 5.74) is 0. The van der Waals surface area contributed by atoms with Gasteiger partial charge in [0.15, 0.2) is 0 Å². The number of aliphatic imine (C=N–C) groups is 1. The van der Waals surface area contributed by atoms with Gasteiger partial charge in [0, 0.05) is 25.9 Å². The summed E-state index contributed by atoms with van der Waals surface area (Å²) in [6.45, 7) is 5.83. The van der Waals surface area contributed by atoms with Crippen LogP contribution >= 0.6 is 11.8 Å². The predicted molar refractivity (Wildman–Crippen MR) is 102 cm³/mol. The van der Waals surface area contributed by atoms with E-state index >= 15 is 0 Å². The minimum atomic E-state index is -0.407. The van der Waals surface area contributed by atoms with Gasteiger partial charge in [-0.3, -0.25) is 9.59 Å². The Hall–Kier alpha value is -1.70. The maximum absolute atomic E-state index is 12.1. The average Bonchev–Trinajstić information content (AvgIpc) is 3.01. The van der Waals surface area contributed by atoms with Crippen molar-refractivity contribution in [1.29, 1.82) is 0 Å². The molecular weight excluding hydrogens is 350 g/mol. The zero-order valence-corrected chi connectivity index (χ0v) is 16.3. The molecule has 0 saturated carbocycles. The van der Waals surface area contributed by atoms with E-state index in [0.717, 1.165) is 48.9 Å². The molecule has 1 aromatic heterocycles. The van der Waals surface area contributed by atoms with Crippen LogP contribution in [0.3, 0.4) is 0 Å². The van der Waals surface area contributed by atoms with Crippen LogP contribution in [0, 0.1) is 5.92 Å². The van der Waals surface area contributed by atoms with Gasteiger partial charge in [-0.1, -0.05) is 32.0 Å². The van der Waals surface area contributed by atoms with Crippen LogP contribution in [0.4, 0.5) is 0 Å². The van der Waals surface area contributed by atoms with Gasteiger partial charge in [0.25, 0.3) is 5.91 Å². The number of nitrogens with zero attached hydrogens (tertiary/aromatic N) is 4. The number of rotatable bonds is 7. The van der Waals surface area contributed by atoms with E-state index < -0.39 is 5.25 Å². The van der Waals surface area contributed by atoms with Crippen molar-refractivity contribution in [3.8, 4) is 0 Å². The van der Waals surface area contributed by atoms with Crippen LogP contribution in [0.5, 0.6) is 0 Å². The Morgan fingerprint density at radius 3 is 2.96 bits per heavy atom. The monoisotopic (exact) mass is 377 g/mol. The largest absolute Gasteiger partial charge is 0.356 e. The second-order valence-corrected chi connectivity index (χ2v) is 8.63. The van der Waals surface area contributed by atoms with Gasteiger partial charge >= 0.3 is 0 Å². The van der Waals surface area contributed by atoms with Crippen molar-refractivity contribution >= 4 is 28.6 Å². The molecule has 0 spiro atoms. The molecule has 3 heterocycles. The van der Waals surface area contributed by atoms with Gasteiger partial charge in [-0.25, -0.2) is 4.99 Å². The number of fused-ring (bicyclic) bond motifs is 1. The quantitative estimate of drug-likeness (QED) is 0.786. The van der Waals surface area contributed by atoms with Crippen LogP contribution in [0.25, 0.3) is 0 Å². The van der Waals surface area contributed by atoms with E-state index in [2.05, 4.69) is 38.9 Å². The van der Waals surface area contributed by atoms with Crippen molar-refractivity contribution in [3.63, 3.8) is 0 Å². The molecule has 0 bridgehead atoms. The SMILES string of the molecule is CC(C)CCNC(=O)C[C@@H]1SC(Cc2nnc3n2CCCCC3)=NC1=O. The number of aryl methyl sites for hydroxylation is 1. The molecule has 1 atom stereocenters. The molecule has 0 saturated heterocycles. The molecule has 26 heavy (non-hydrogen) atoms. The summed E-state index contributed by atoms with van der Waals surface area (Å²) in [5, 5.41) is 11.8. The van der Waals surface area contributed by atoms with E-state index in [1.807, 2.05) is 0 Å². The number of carbonyl (C=O) groups is 2. The summed E-state index contributed by atoms with van der Waals surface area (Å²) in [5.74, 6) is 2.17. The van der Waals surface area contributed by atoms with Crippen molar-refractivity contribution in [3.05, 3.63) is 11.6 Å². The number of hydrogen-bond donors (Lipinski definition) is 1. The number of thioether (sulfide) groups is 1. The fraction of sp³-hybridized carbons (Fsp3) is 0.722. The van der Waals surface area contributed by atoms with Crippen molar-refractivity contribution in [1.82, 2.24) is 20.1 Å². The van der Waals surface area contributed by atoms with Crippen LogP contribution < -0.4 is 5.32 Å². The summed E-state index contributed by atoms with van der Waals surface area (Å²) < 4.78 is 2.17. The zero-order chi connectivity index (χ0) is 18.5. The molecule has 7 nitrogen and oxygen atoms in total. The summed E-state index contributed by atoms with van der Waals surface area (Å²) in [6, 6.07) is 0. The summed E-state index contributed by atoms with van der Waals surface area (Å²) in [6.07, 6.45) is 6.12. The first kappa shape index (κ1) is 19.1. The highest BCUT2D eigenvalue weighted by atomic mass is 32.2. The van der Waals surface area contributed by atoms with E-state index in [1.54, 1.807) is 0 Å². The van der Waals surface area contributed by atoms with Gasteiger partial charge in [-0.15, -0.1) is 10.2 Å². The lowest BCUT2D eigenvalue weighted by Crippen LogP contribution is -2.29. The van der Waals surface area contributed by atoms with Crippen LogP contribution in [-0.4, -0.2) is 43.4 Å². The summed E-state index contributed by atoms with van der Waals surface area (Å²) in [7, 11) is 0. The first-order valence-corrected chi connectivity index (χ1v) is 10.4. The molecule has 1 aromatic rings. The standard InChI is InChI=1S/C18H27N5O2S/c1-12(2)7-8-19-16(24)10-13-18(25)20-17(26-13)11-15-22-21-14-6-4-3-5-9-23(14)15/h12-13H,3-11H2,1-2H3,(H,19,24)/t13-/m0/s1. The van der Waals surface area contributed by atoms with Crippen LogP contribution in [-0.2, 0) is 29.0 Å². The second kappa shape index (κ2) is 8.79. The van der Waals surface area contributed by atoms with Gasteiger partial charge < -0.3 is 9.88 Å². The maximum atomic E-state index is 12.1. The van der Waals surface area contributed by atoms with Crippen molar-refractivity contribution in [2.24, 2.45) is 10.9 Å². The molecule has 2 aliphatic heterocycles. The molecule has 1 N–H and O–H groups in total. The van der Waals surface area contributed by atoms with E-state index in [1.165, 1.54) is 18.2 Å². The average molecular weight is 378 g/mol. The Kier molecular flexibility index (Phi) is 6.45. The maximum Gasteiger partial charge on any atom is 0.260 e. The number of carbonyl (C=O) groups excluding carboxylic acids is 2. The lowest BCUT2D eigenvalue weighted by atomic mass is 10.1. The fourth-order valence-electron chi connectivity index (χ4n) is 3.20. The Labute approximate surface area is 158 Å². The third-order valence-electron chi connectivity index (χ3n) is 4.70. The number of amides is 2. The highest BCUT2D eigenvalue weighted by Gasteiger charge is 2.31. The van der Waals surface area contributed by atoms with E-state index in [4.69, 9.17) is 0 Å². The molecule has 8 heteroatoms. The lowest BCUT2D eigenvalue weighted by molar-refractivity contribution is -0.124. The van der Waals surface area contributed by atoms with Gasteiger partial charge in [-0.2, -0.15) is 0 Å². The second-order valence-electron chi connectivity index (χ2n) is 7.36. The normalized spacial score (nSPS) is 20.0. The molecule has 0 unspecified atom stereocenters. The Bertz CT molecular complexity index is 698. The van der Waals surface area contributed by atoms with Crippen molar-refractivity contribution < 1.29 is 9.59 Å². The van der Waals surface area contributed by atoms with E-state index in [0.29, 0.717) is 18.9 Å². The predicted octanol–water partition coefficient (Wildman–Crippen LogP) is 2.14. The number of nitrogens with one attached hydrogen (secondary N) is 1. The smallest absolute Gasteiger partial charge is 0.260 e. The third kappa shape index (κ3) is 4.93. The van der Waals surface area contributed by atoms with E-state index in [-0.39, 0.29) is 18.2 Å². The van der Waals surface area contributed by atoms with Crippen LogP contribution in [0.1, 0.15) is 57.6 Å². The molecular formula is C18H27N5O2S. The van der Waals surface area contributed by atoms with Crippen LogP contribution in [0.2, 0.25) is 0 Å². The van der Waals surface area contributed by atoms with Crippen molar-refractivity contribution in [2.75, 3.05) is 6.54 Å². The number of aromatic nitrogens is 3. The fourth-order valence-corrected chi connectivity index (χ4v) is 4.27. The van der Waals surface area contributed by atoms with Gasteiger partial charge in [0.1, 0.15) is 16.9 Å². The Morgan fingerprint density at radius 1 is 1.31 bits per heavy atom. The molecule has 2 amide bonds. The van der Waals surface area contributed by atoms with Gasteiger partial charge in [0.2, 0.25) is 5.91 Å². The highest BCUT2D eigenvalue weighted by Crippen LogP contribution is 2.27.